The zero-order chi connectivity index (χ0) is 28.3. The van der Waals surface area contributed by atoms with Gasteiger partial charge in [0.25, 0.3) is 0 Å². The first-order valence-electron chi connectivity index (χ1n) is 12.7. The van der Waals surface area contributed by atoms with Crippen LogP contribution in [0.4, 0.5) is 5.95 Å². The van der Waals surface area contributed by atoms with Crippen molar-refractivity contribution >= 4 is 36.5 Å². The number of aromatic nitrogens is 4. The summed E-state index contributed by atoms with van der Waals surface area (Å²) >= 11 is 6.83. The molecule has 1 aliphatic heterocycles. The predicted octanol–water partition coefficient (Wildman–Crippen LogP) is 3.20. The predicted molar refractivity (Wildman–Crippen MR) is 143 cm³/mol. The van der Waals surface area contributed by atoms with Crippen molar-refractivity contribution in [3.05, 3.63) is 6.33 Å². The molecule has 5 N–H and O–H groups in total. The molecule has 15 heteroatoms. The van der Waals surface area contributed by atoms with E-state index in [4.69, 9.17) is 36.1 Å². The van der Waals surface area contributed by atoms with Gasteiger partial charge < -0.3 is 29.9 Å². The average Bonchev–Trinajstić information content (AvgIpc) is 3.34. The van der Waals surface area contributed by atoms with Gasteiger partial charge >= 0.3 is 7.75 Å². The van der Waals surface area contributed by atoms with E-state index in [0.29, 0.717) is 30.6 Å². The first kappa shape index (κ1) is 31.0. The van der Waals surface area contributed by atoms with Gasteiger partial charge in [-0.2, -0.15) is 9.97 Å². The molecule has 0 aliphatic carbocycles. The monoisotopic (exact) mass is 578 g/mol. The molecule has 0 aromatic carbocycles. The summed E-state index contributed by atoms with van der Waals surface area (Å²) in [5, 5.41) is 12.6. The van der Waals surface area contributed by atoms with Gasteiger partial charge in [-0.25, -0.2) is 14.6 Å². The number of nitrogens with one attached hydrogen (secondary N) is 1. The molecule has 1 fully saturated rings. The summed E-state index contributed by atoms with van der Waals surface area (Å²) in [7, 11) is -4.23. The number of anilines is 1. The highest BCUT2D eigenvalue weighted by Gasteiger charge is 2.46. The molecular weight excluding hydrogens is 539 g/mol. The third-order valence-electron chi connectivity index (χ3n) is 5.98. The van der Waals surface area contributed by atoms with Crippen molar-refractivity contribution in [3.63, 3.8) is 0 Å². The van der Waals surface area contributed by atoms with E-state index in [1.807, 2.05) is 34.6 Å². The maximum Gasteiger partial charge on any atom is 0.403 e. The van der Waals surface area contributed by atoms with Gasteiger partial charge in [0.1, 0.15) is 0 Å². The van der Waals surface area contributed by atoms with E-state index < -0.39 is 37.3 Å². The Morgan fingerprint density at radius 1 is 1.37 bits per heavy atom. The normalized spacial score (nSPS) is 25.2. The topological polar surface area (TPSA) is 176 Å². The van der Waals surface area contributed by atoms with Crippen LogP contribution in [-0.4, -0.2) is 72.6 Å². The number of hydrogen-bond donors (Lipinski definition) is 4. The van der Waals surface area contributed by atoms with Crippen molar-refractivity contribution in [2.75, 3.05) is 25.6 Å². The Morgan fingerprint density at radius 3 is 2.71 bits per heavy atom. The molecule has 216 valence electrons. The SMILES string of the molecule is CCOc1nc(N)nc2c1ncn2C1OC(COP(=O)(O)NC(COC(O)C(C)C)CC(C)C)CC1(C)Cl. The molecule has 1 saturated heterocycles. The summed E-state index contributed by atoms with van der Waals surface area (Å²) in [6.45, 7) is 11.5. The number of alkyl halides is 1. The van der Waals surface area contributed by atoms with Gasteiger partial charge in [0.15, 0.2) is 23.7 Å². The molecule has 0 spiro atoms. The van der Waals surface area contributed by atoms with E-state index in [0.717, 1.165) is 0 Å². The molecule has 13 nitrogen and oxygen atoms in total. The fraction of sp³-hybridized carbons (Fsp3) is 0.783. The van der Waals surface area contributed by atoms with Gasteiger partial charge in [0.05, 0.1) is 37.1 Å². The zero-order valence-corrected chi connectivity index (χ0v) is 24.4. The standard InChI is InChI=1S/C23H40ClN6O7P/c1-7-34-19-17-18(27-22(25)28-19)30(12-26-17)21-23(6,24)9-16(37-21)11-36-38(32,33)29-15(8-13(2)3)10-35-20(31)14(4)5/h12-16,20-21,31H,7-11H2,1-6H3,(H2,25,27,28)(H2,29,32,33). The molecule has 6 atom stereocenters. The fourth-order valence-electron chi connectivity index (χ4n) is 4.27. The third-order valence-corrected chi connectivity index (χ3v) is 7.51. The Hall–Kier alpha value is -1.57. The van der Waals surface area contributed by atoms with E-state index >= 15 is 0 Å². The summed E-state index contributed by atoms with van der Waals surface area (Å²) in [5.74, 6) is 0.390. The van der Waals surface area contributed by atoms with Crippen LogP contribution in [0.3, 0.4) is 0 Å². The fourth-order valence-corrected chi connectivity index (χ4v) is 5.69. The summed E-state index contributed by atoms with van der Waals surface area (Å²) in [6, 6.07) is -0.503. The molecule has 3 heterocycles. The van der Waals surface area contributed by atoms with E-state index in [1.165, 1.54) is 6.33 Å². The van der Waals surface area contributed by atoms with Crippen LogP contribution in [0.2, 0.25) is 0 Å². The first-order chi connectivity index (χ1) is 17.7. The molecule has 3 rings (SSSR count). The lowest BCUT2D eigenvalue weighted by atomic mass is 10.1. The molecule has 2 aromatic heterocycles. The second-order valence-electron chi connectivity index (χ2n) is 10.5. The highest BCUT2D eigenvalue weighted by molar-refractivity contribution is 7.50. The molecule has 0 radical (unpaired) electrons. The van der Waals surface area contributed by atoms with Crippen molar-refractivity contribution in [3.8, 4) is 5.88 Å². The lowest BCUT2D eigenvalue weighted by Gasteiger charge is -2.26. The summed E-state index contributed by atoms with van der Waals surface area (Å²) in [6.07, 6.45) is 0.128. The van der Waals surface area contributed by atoms with Crippen LogP contribution in [0.1, 0.15) is 60.6 Å². The van der Waals surface area contributed by atoms with Crippen molar-refractivity contribution in [2.45, 2.75) is 83.9 Å². The van der Waals surface area contributed by atoms with Crippen LogP contribution in [0, 0.1) is 11.8 Å². The van der Waals surface area contributed by atoms with Crippen LogP contribution in [0.25, 0.3) is 11.2 Å². The second-order valence-corrected chi connectivity index (χ2v) is 12.9. The van der Waals surface area contributed by atoms with Crippen LogP contribution in [0.15, 0.2) is 6.33 Å². The molecule has 38 heavy (non-hydrogen) atoms. The Kier molecular flexibility index (Phi) is 10.4. The van der Waals surface area contributed by atoms with Gasteiger partial charge in [0.2, 0.25) is 11.8 Å². The smallest absolute Gasteiger partial charge is 0.403 e. The van der Waals surface area contributed by atoms with Crippen LogP contribution in [-0.2, 0) is 18.6 Å². The minimum atomic E-state index is -4.23. The van der Waals surface area contributed by atoms with E-state index in [1.54, 1.807) is 11.5 Å². The zero-order valence-electron chi connectivity index (χ0n) is 22.7. The van der Waals surface area contributed by atoms with E-state index in [-0.39, 0.29) is 36.9 Å². The first-order valence-corrected chi connectivity index (χ1v) is 14.7. The van der Waals surface area contributed by atoms with Crippen molar-refractivity contribution in [1.82, 2.24) is 24.6 Å². The number of fused-ring (bicyclic) bond motifs is 1. The molecule has 0 amide bonds. The number of rotatable bonds is 14. The Balaban J connectivity index is 1.67. The largest absolute Gasteiger partial charge is 0.476 e. The Bertz CT molecular complexity index is 1120. The summed E-state index contributed by atoms with van der Waals surface area (Å²) in [5.41, 5.74) is 6.68. The second kappa shape index (κ2) is 12.7. The molecule has 1 aliphatic rings. The minimum Gasteiger partial charge on any atom is -0.476 e. The molecule has 6 unspecified atom stereocenters. The van der Waals surface area contributed by atoms with Gasteiger partial charge in [-0.3, -0.25) is 9.09 Å². The lowest BCUT2D eigenvalue weighted by Crippen LogP contribution is -2.36. The van der Waals surface area contributed by atoms with Crippen molar-refractivity contribution < 1.29 is 33.3 Å². The van der Waals surface area contributed by atoms with Crippen LogP contribution >= 0.6 is 19.3 Å². The summed E-state index contributed by atoms with van der Waals surface area (Å²) in [4.78, 5) is 22.4. The maximum absolute atomic E-state index is 12.9. The van der Waals surface area contributed by atoms with Crippen molar-refractivity contribution in [1.29, 1.82) is 0 Å². The van der Waals surface area contributed by atoms with Gasteiger partial charge in [-0.05, 0) is 32.6 Å². The highest BCUT2D eigenvalue weighted by atomic mass is 35.5. The Labute approximate surface area is 228 Å². The Morgan fingerprint density at radius 2 is 2.08 bits per heavy atom. The number of hydrogen-bond acceptors (Lipinski definition) is 10. The number of aliphatic hydroxyl groups is 1. The quantitative estimate of drug-likeness (QED) is 0.146. The van der Waals surface area contributed by atoms with Gasteiger partial charge in [-0.15, -0.1) is 11.6 Å². The number of ether oxygens (including phenoxy) is 3. The lowest BCUT2D eigenvalue weighted by molar-refractivity contribution is -0.131. The minimum absolute atomic E-state index is 0.0185. The van der Waals surface area contributed by atoms with Gasteiger partial charge in [0, 0.05) is 12.0 Å². The summed E-state index contributed by atoms with van der Waals surface area (Å²) < 4.78 is 37.1. The number of aliphatic hydroxyl groups excluding tert-OH is 1. The number of halogens is 1. The van der Waals surface area contributed by atoms with Gasteiger partial charge in [-0.1, -0.05) is 27.7 Å². The number of nitrogens with zero attached hydrogens (tertiary/aromatic N) is 4. The molecule has 0 saturated carbocycles. The van der Waals surface area contributed by atoms with E-state index in [9.17, 15) is 14.6 Å². The molecular formula is C23H40ClN6O7P. The van der Waals surface area contributed by atoms with Crippen LogP contribution < -0.4 is 15.6 Å². The average molecular weight is 579 g/mol. The number of imidazole rings is 1. The van der Waals surface area contributed by atoms with E-state index in [2.05, 4.69) is 20.0 Å². The van der Waals surface area contributed by atoms with Crippen molar-refractivity contribution in [2.24, 2.45) is 11.8 Å². The molecule has 2 aromatic rings. The maximum atomic E-state index is 12.9. The van der Waals surface area contributed by atoms with Crippen LogP contribution in [0.5, 0.6) is 5.88 Å². The molecule has 0 bridgehead atoms. The highest BCUT2D eigenvalue weighted by Crippen LogP contribution is 2.46. The number of nitrogens with two attached hydrogens (primary N) is 1. The number of nitrogen functional groups attached to an aromatic ring is 1. The third kappa shape index (κ3) is 7.98.